The van der Waals surface area contributed by atoms with E-state index in [1.54, 1.807) is 12.4 Å². The van der Waals surface area contributed by atoms with Crippen molar-refractivity contribution in [3.63, 3.8) is 0 Å². The molecule has 0 radical (unpaired) electrons. The highest BCUT2D eigenvalue weighted by Gasteiger charge is 2.26. The first-order chi connectivity index (χ1) is 9.49. The Bertz CT molecular complexity index is 587. The van der Waals surface area contributed by atoms with E-state index in [2.05, 4.69) is 15.0 Å². The minimum absolute atomic E-state index is 0.0686. The number of hydrogen-bond acceptors (Lipinski definition) is 4. The molecule has 2 heterocycles. The normalized spacial score (nSPS) is 12.0. The first kappa shape index (κ1) is 15.0. The molecule has 0 fully saturated rings. The van der Waals surface area contributed by atoms with Crippen LogP contribution >= 0.6 is 11.8 Å². The van der Waals surface area contributed by atoms with Gasteiger partial charge in [-0.05, 0) is 12.5 Å². The average Bonchev–Trinajstić information content (AvgIpc) is 2.37. The highest BCUT2D eigenvalue weighted by Crippen LogP contribution is 2.26. The Morgan fingerprint density at radius 1 is 1.25 bits per heavy atom. The van der Waals surface area contributed by atoms with E-state index in [1.165, 1.54) is 0 Å². The molecule has 0 saturated heterocycles. The molecule has 0 N–H and O–H groups in total. The van der Waals surface area contributed by atoms with Gasteiger partial charge in [-0.25, -0.2) is 9.97 Å². The number of halogens is 3. The Hall–Kier alpha value is -1.37. The van der Waals surface area contributed by atoms with E-state index in [0.29, 0.717) is 10.7 Å². The maximum atomic E-state index is 12.1. The average molecular weight is 301 g/mol. The molecular weight excluding hydrogens is 287 g/mol. The zero-order chi connectivity index (χ0) is 14.6. The SMILES string of the molecule is CCCc1nc(SCCC(F)(F)F)nc2cnccc12. The lowest BCUT2D eigenvalue weighted by Crippen LogP contribution is -2.08. The molecule has 2 rings (SSSR count). The number of aryl methyl sites for hydroxylation is 1. The summed E-state index contributed by atoms with van der Waals surface area (Å²) in [6.07, 6.45) is -0.00482. The van der Waals surface area contributed by atoms with Gasteiger partial charge in [-0.1, -0.05) is 25.1 Å². The van der Waals surface area contributed by atoms with E-state index in [1.807, 2.05) is 13.0 Å². The smallest absolute Gasteiger partial charge is 0.262 e. The van der Waals surface area contributed by atoms with Crippen molar-refractivity contribution in [3.05, 3.63) is 24.2 Å². The fraction of sp³-hybridized carbons (Fsp3) is 0.462. The lowest BCUT2D eigenvalue weighted by Gasteiger charge is -2.08. The van der Waals surface area contributed by atoms with E-state index in [-0.39, 0.29) is 5.75 Å². The van der Waals surface area contributed by atoms with Crippen LogP contribution in [0.4, 0.5) is 13.2 Å². The van der Waals surface area contributed by atoms with Gasteiger partial charge in [-0.15, -0.1) is 0 Å². The Balaban J connectivity index is 2.21. The van der Waals surface area contributed by atoms with Crippen LogP contribution in [-0.2, 0) is 6.42 Å². The van der Waals surface area contributed by atoms with E-state index in [0.717, 1.165) is 35.7 Å². The maximum absolute atomic E-state index is 12.1. The fourth-order valence-electron chi connectivity index (χ4n) is 1.77. The number of nitrogens with zero attached hydrogens (tertiary/aromatic N) is 3. The zero-order valence-corrected chi connectivity index (χ0v) is 11.8. The molecular formula is C13H14F3N3S. The summed E-state index contributed by atoms with van der Waals surface area (Å²) in [7, 11) is 0. The molecule has 0 bridgehead atoms. The summed E-state index contributed by atoms with van der Waals surface area (Å²) in [5.74, 6) is -0.0686. The van der Waals surface area contributed by atoms with Crippen molar-refractivity contribution < 1.29 is 13.2 Å². The summed E-state index contributed by atoms with van der Waals surface area (Å²) in [5.41, 5.74) is 1.55. The molecule has 0 aliphatic heterocycles. The van der Waals surface area contributed by atoms with Gasteiger partial charge in [0.05, 0.1) is 23.8 Å². The standard InChI is InChI=1S/C13H14F3N3S/c1-2-3-10-9-4-6-17-8-11(9)19-12(18-10)20-7-5-13(14,15)16/h4,6,8H,2-3,5,7H2,1H3. The molecule has 2 aromatic heterocycles. The van der Waals surface area contributed by atoms with E-state index in [9.17, 15) is 13.2 Å². The molecule has 0 atom stereocenters. The maximum Gasteiger partial charge on any atom is 0.389 e. The third kappa shape index (κ3) is 4.06. The summed E-state index contributed by atoms with van der Waals surface area (Å²) >= 11 is 1.03. The monoisotopic (exact) mass is 301 g/mol. The van der Waals surface area contributed by atoms with Gasteiger partial charge in [-0.3, -0.25) is 4.98 Å². The minimum Gasteiger partial charge on any atom is -0.262 e. The second-order valence-corrected chi connectivity index (χ2v) is 5.37. The summed E-state index contributed by atoms with van der Waals surface area (Å²) in [4.78, 5) is 12.6. The van der Waals surface area contributed by atoms with Crippen LogP contribution in [0.25, 0.3) is 10.9 Å². The summed E-state index contributed by atoms with van der Waals surface area (Å²) in [6.45, 7) is 2.03. The highest BCUT2D eigenvalue weighted by atomic mass is 32.2. The molecule has 0 aliphatic rings. The number of hydrogen-bond donors (Lipinski definition) is 0. The van der Waals surface area contributed by atoms with Crippen molar-refractivity contribution in [3.8, 4) is 0 Å². The van der Waals surface area contributed by atoms with Gasteiger partial charge in [0.2, 0.25) is 0 Å². The Morgan fingerprint density at radius 2 is 2.05 bits per heavy atom. The van der Waals surface area contributed by atoms with Crippen LogP contribution in [0.1, 0.15) is 25.5 Å². The van der Waals surface area contributed by atoms with Gasteiger partial charge in [0.25, 0.3) is 0 Å². The minimum atomic E-state index is -4.14. The lowest BCUT2D eigenvalue weighted by atomic mass is 10.1. The van der Waals surface area contributed by atoms with Gasteiger partial charge in [0.15, 0.2) is 5.16 Å². The van der Waals surface area contributed by atoms with E-state index < -0.39 is 12.6 Å². The zero-order valence-electron chi connectivity index (χ0n) is 10.9. The first-order valence-corrected chi connectivity index (χ1v) is 7.28. The van der Waals surface area contributed by atoms with Crippen LogP contribution in [-0.4, -0.2) is 26.9 Å². The predicted octanol–water partition coefficient (Wildman–Crippen LogP) is 4.02. The summed E-state index contributed by atoms with van der Waals surface area (Å²) in [5, 5.41) is 1.31. The third-order valence-corrected chi connectivity index (χ3v) is 3.51. The van der Waals surface area contributed by atoms with Gasteiger partial charge in [0, 0.05) is 17.3 Å². The Morgan fingerprint density at radius 3 is 2.75 bits per heavy atom. The predicted molar refractivity (Wildman–Crippen MR) is 72.7 cm³/mol. The molecule has 20 heavy (non-hydrogen) atoms. The molecule has 0 aromatic carbocycles. The first-order valence-electron chi connectivity index (χ1n) is 6.30. The van der Waals surface area contributed by atoms with Crippen LogP contribution < -0.4 is 0 Å². The molecule has 7 heteroatoms. The second-order valence-electron chi connectivity index (χ2n) is 4.31. The van der Waals surface area contributed by atoms with Crippen molar-refractivity contribution in [1.82, 2.24) is 15.0 Å². The van der Waals surface area contributed by atoms with Gasteiger partial charge in [-0.2, -0.15) is 13.2 Å². The van der Waals surface area contributed by atoms with E-state index >= 15 is 0 Å². The Kier molecular flexibility index (Phi) is 4.80. The van der Waals surface area contributed by atoms with Crippen LogP contribution in [0.2, 0.25) is 0 Å². The topological polar surface area (TPSA) is 38.7 Å². The van der Waals surface area contributed by atoms with Crippen LogP contribution in [0, 0.1) is 0 Å². The Labute approximate surface area is 119 Å². The third-order valence-electron chi connectivity index (χ3n) is 2.66. The summed E-state index contributed by atoms with van der Waals surface area (Å²) < 4.78 is 36.4. The molecule has 3 nitrogen and oxygen atoms in total. The number of rotatable bonds is 5. The van der Waals surface area contributed by atoms with Crippen molar-refractivity contribution in [2.45, 2.75) is 37.5 Å². The van der Waals surface area contributed by atoms with Gasteiger partial charge >= 0.3 is 6.18 Å². The van der Waals surface area contributed by atoms with Crippen LogP contribution in [0.3, 0.4) is 0 Å². The fourth-order valence-corrected chi connectivity index (χ4v) is 2.63. The van der Waals surface area contributed by atoms with E-state index in [4.69, 9.17) is 0 Å². The molecule has 0 unspecified atom stereocenters. The summed E-state index contributed by atoms with van der Waals surface area (Å²) in [6, 6.07) is 1.84. The molecule has 108 valence electrons. The number of thioether (sulfide) groups is 1. The second kappa shape index (κ2) is 6.39. The van der Waals surface area contributed by atoms with Crippen LogP contribution in [0.15, 0.2) is 23.6 Å². The lowest BCUT2D eigenvalue weighted by molar-refractivity contribution is -0.129. The molecule has 0 saturated carbocycles. The number of pyridine rings is 1. The van der Waals surface area contributed by atoms with Gasteiger partial charge < -0.3 is 0 Å². The highest BCUT2D eigenvalue weighted by molar-refractivity contribution is 7.99. The molecule has 2 aromatic rings. The molecule has 0 aliphatic carbocycles. The number of fused-ring (bicyclic) bond motifs is 1. The van der Waals surface area contributed by atoms with Crippen LogP contribution in [0.5, 0.6) is 0 Å². The van der Waals surface area contributed by atoms with Gasteiger partial charge in [0.1, 0.15) is 0 Å². The van der Waals surface area contributed by atoms with Crippen molar-refractivity contribution >= 4 is 22.7 Å². The number of aromatic nitrogens is 3. The number of alkyl halides is 3. The van der Waals surface area contributed by atoms with Crippen molar-refractivity contribution in [2.24, 2.45) is 0 Å². The molecule has 0 spiro atoms. The molecule has 0 amide bonds. The van der Waals surface area contributed by atoms with Crippen molar-refractivity contribution in [1.29, 1.82) is 0 Å². The largest absolute Gasteiger partial charge is 0.389 e. The quantitative estimate of drug-likeness (QED) is 0.617. The van der Waals surface area contributed by atoms with Crippen molar-refractivity contribution in [2.75, 3.05) is 5.75 Å².